The van der Waals surface area contributed by atoms with Crippen LogP contribution in [0.15, 0.2) is 48.7 Å². The number of aromatic nitrogens is 2. The molecule has 1 aliphatic heterocycles. The van der Waals surface area contributed by atoms with Gasteiger partial charge in [0.25, 0.3) is 5.91 Å². The number of anilines is 1. The predicted octanol–water partition coefficient (Wildman–Crippen LogP) is 5.98. The molecule has 14 heteroatoms. The molecule has 1 amide bonds. The number of ether oxygens (including phenoxy) is 1. The van der Waals surface area contributed by atoms with Gasteiger partial charge < -0.3 is 19.4 Å². The van der Waals surface area contributed by atoms with Crippen LogP contribution >= 0.6 is 11.6 Å². The molecule has 40 heavy (non-hydrogen) atoms. The molecule has 0 N–H and O–H groups in total. The molecule has 1 saturated heterocycles. The summed E-state index contributed by atoms with van der Waals surface area (Å²) in [5, 5.41) is 0.234. The molecule has 4 rings (SSSR count). The van der Waals surface area contributed by atoms with Gasteiger partial charge in [-0.05, 0) is 42.9 Å². The Morgan fingerprint density at radius 3 is 2.17 bits per heavy atom. The molecule has 0 bridgehead atoms. The van der Waals surface area contributed by atoms with Crippen molar-refractivity contribution in [3.63, 3.8) is 0 Å². The van der Waals surface area contributed by atoms with E-state index in [1.54, 1.807) is 24.3 Å². The van der Waals surface area contributed by atoms with Crippen LogP contribution in [0.25, 0.3) is 0 Å². The Bertz CT molecular complexity index is 1340. The van der Waals surface area contributed by atoms with E-state index >= 15 is 0 Å². The van der Waals surface area contributed by atoms with E-state index in [2.05, 4.69) is 14.9 Å². The summed E-state index contributed by atoms with van der Waals surface area (Å²) in [7, 11) is 3.22. The van der Waals surface area contributed by atoms with Gasteiger partial charge in [0, 0.05) is 46.0 Å². The lowest BCUT2D eigenvalue weighted by Crippen LogP contribution is -2.45. The molecule has 1 aromatic heterocycles. The number of benzene rings is 2. The van der Waals surface area contributed by atoms with Gasteiger partial charge in [0.2, 0.25) is 11.8 Å². The van der Waals surface area contributed by atoms with Crippen LogP contribution in [0, 0.1) is 0 Å². The summed E-state index contributed by atoms with van der Waals surface area (Å²) in [5.74, 6) is -0.453. The third-order valence-corrected chi connectivity index (χ3v) is 6.53. The van der Waals surface area contributed by atoms with E-state index in [4.69, 9.17) is 16.3 Å². The zero-order chi connectivity index (χ0) is 29.2. The third kappa shape index (κ3) is 6.94. The summed E-state index contributed by atoms with van der Waals surface area (Å²) in [6, 6.07) is 7.64. The van der Waals surface area contributed by atoms with E-state index < -0.39 is 35.9 Å². The lowest BCUT2D eigenvalue weighted by molar-refractivity contribution is -0.143. The smallest absolute Gasteiger partial charge is 0.416 e. The van der Waals surface area contributed by atoms with Crippen LogP contribution in [0.5, 0.6) is 11.6 Å². The Balaban J connectivity index is 1.67. The zero-order valence-corrected chi connectivity index (χ0v) is 22.1. The molecule has 0 aliphatic carbocycles. The summed E-state index contributed by atoms with van der Waals surface area (Å²) in [5.41, 5.74) is -3.45. The molecule has 1 aliphatic rings. The maximum Gasteiger partial charge on any atom is 0.416 e. The molecule has 1 fully saturated rings. The SMILES string of the molecule is CN1CCN(c2ncc(C(=O)N(C)Cc3cc(C(F)(F)F)cc(C(F)(F)F)c3)c(Oc3ccccc3Cl)n2)CC1. The first-order valence-electron chi connectivity index (χ1n) is 12.0. The molecule has 3 aromatic rings. The van der Waals surface area contributed by atoms with Gasteiger partial charge in [-0.25, -0.2) is 4.98 Å². The fourth-order valence-electron chi connectivity index (χ4n) is 4.03. The van der Waals surface area contributed by atoms with Crippen molar-refractivity contribution >= 4 is 23.5 Å². The molecule has 7 nitrogen and oxygen atoms in total. The number of amides is 1. The lowest BCUT2D eigenvalue weighted by Gasteiger charge is -2.32. The number of rotatable bonds is 6. The van der Waals surface area contributed by atoms with Crippen LogP contribution in [-0.2, 0) is 18.9 Å². The molecule has 2 aromatic carbocycles. The third-order valence-electron chi connectivity index (χ3n) is 6.21. The Hall–Kier alpha value is -3.58. The minimum atomic E-state index is -5.01. The van der Waals surface area contributed by atoms with E-state index in [1.165, 1.54) is 13.2 Å². The van der Waals surface area contributed by atoms with Crippen molar-refractivity contribution < 1.29 is 35.9 Å². The Morgan fingerprint density at radius 1 is 1.00 bits per heavy atom. The van der Waals surface area contributed by atoms with Crippen LogP contribution in [0.1, 0.15) is 27.0 Å². The molecule has 2 heterocycles. The molecule has 0 atom stereocenters. The number of nitrogens with zero attached hydrogens (tertiary/aromatic N) is 5. The highest BCUT2D eigenvalue weighted by Gasteiger charge is 2.37. The van der Waals surface area contributed by atoms with Crippen molar-refractivity contribution in [1.29, 1.82) is 0 Å². The number of carbonyl (C=O) groups is 1. The number of alkyl halides is 6. The van der Waals surface area contributed by atoms with E-state index in [-0.39, 0.29) is 33.8 Å². The highest BCUT2D eigenvalue weighted by molar-refractivity contribution is 6.32. The van der Waals surface area contributed by atoms with Crippen molar-refractivity contribution in [2.24, 2.45) is 0 Å². The quantitative estimate of drug-likeness (QED) is 0.331. The van der Waals surface area contributed by atoms with Crippen molar-refractivity contribution in [3.05, 3.63) is 75.9 Å². The summed E-state index contributed by atoms with van der Waals surface area (Å²) in [4.78, 5) is 27.1. The minimum Gasteiger partial charge on any atom is -0.436 e. The van der Waals surface area contributed by atoms with Crippen LogP contribution in [0.3, 0.4) is 0 Å². The summed E-state index contributed by atoms with van der Waals surface area (Å²) in [6.07, 6.45) is -8.80. The average Bonchev–Trinajstić information content (AvgIpc) is 2.89. The minimum absolute atomic E-state index is 0.0335. The van der Waals surface area contributed by atoms with Gasteiger partial charge in [-0.3, -0.25) is 4.79 Å². The standard InChI is InChI=1S/C26H24ClF6N5O2/c1-36-7-9-38(10-8-36)24-34-14-19(22(35-24)40-21-6-4-3-5-20(21)27)23(39)37(2)15-16-11-17(25(28,29)30)13-18(12-16)26(31,32)33/h3-6,11-14H,7-10,15H2,1-2H3. The normalized spacial score (nSPS) is 14.8. The highest BCUT2D eigenvalue weighted by atomic mass is 35.5. The monoisotopic (exact) mass is 587 g/mol. The highest BCUT2D eigenvalue weighted by Crippen LogP contribution is 2.37. The number of para-hydroxylation sites is 1. The number of likely N-dealkylation sites (N-methyl/N-ethyl adjacent to an activating group) is 1. The van der Waals surface area contributed by atoms with Gasteiger partial charge in [-0.1, -0.05) is 23.7 Å². The Kier molecular flexibility index (Phi) is 8.45. The van der Waals surface area contributed by atoms with Gasteiger partial charge in [0.1, 0.15) is 11.3 Å². The van der Waals surface area contributed by atoms with Gasteiger partial charge in [0.15, 0.2) is 0 Å². The second kappa shape index (κ2) is 11.5. The number of halogens is 7. The predicted molar refractivity (Wildman–Crippen MR) is 136 cm³/mol. The Morgan fingerprint density at radius 2 is 1.60 bits per heavy atom. The second-order valence-electron chi connectivity index (χ2n) is 9.29. The van der Waals surface area contributed by atoms with Crippen molar-refractivity contribution in [3.8, 4) is 11.6 Å². The van der Waals surface area contributed by atoms with E-state index in [1.807, 2.05) is 11.9 Å². The number of hydrogen-bond acceptors (Lipinski definition) is 6. The van der Waals surface area contributed by atoms with Crippen LogP contribution in [0.2, 0.25) is 5.02 Å². The molecular weight excluding hydrogens is 564 g/mol. The van der Waals surface area contributed by atoms with E-state index in [0.29, 0.717) is 31.2 Å². The average molecular weight is 588 g/mol. The molecular formula is C26H24ClF6N5O2. The van der Waals surface area contributed by atoms with Crippen molar-refractivity contribution in [2.75, 3.05) is 45.2 Å². The van der Waals surface area contributed by atoms with Crippen LogP contribution in [-0.4, -0.2) is 65.9 Å². The molecule has 0 saturated carbocycles. The van der Waals surface area contributed by atoms with Gasteiger partial charge in [-0.15, -0.1) is 0 Å². The summed E-state index contributed by atoms with van der Waals surface area (Å²) < 4.78 is 85.7. The van der Waals surface area contributed by atoms with E-state index in [9.17, 15) is 31.1 Å². The first kappa shape index (κ1) is 29.4. The van der Waals surface area contributed by atoms with Crippen LogP contribution in [0.4, 0.5) is 32.3 Å². The first-order valence-corrected chi connectivity index (χ1v) is 12.4. The fraction of sp³-hybridized carbons (Fsp3) is 0.346. The first-order chi connectivity index (χ1) is 18.7. The molecule has 0 unspecified atom stereocenters. The van der Waals surface area contributed by atoms with Crippen molar-refractivity contribution in [2.45, 2.75) is 18.9 Å². The van der Waals surface area contributed by atoms with Crippen molar-refractivity contribution in [1.82, 2.24) is 19.8 Å². The molecule has 214 valence electrons. The summed E-state index contributed by atoms with van der Waals surface area (Å²) >= 11 is 6.22. The van der Waals surface area contributed by atoms with Crippen LogP contribution < -0.4 is 9.64 Å². The Labute approximate surface area is 230 Å². The van der Waals surface area contributed by atoms with Gasteiger partial charge in [-0.2, -0.15) is 31.3 Å². The largest absolute Gasteiger partial charge is 0.436 e. The molecule has 0 spiro atoms. The topological polar surface area (TPSA) is 61.8 Å². The van der Waals surface area contributed by atoms with Gasteiger partial charge >= 0.3 is 12.4 Å². The van der Waals surface area contributed by atoms with E-state index in [0.717, 1.165) is 18.0 Å². The molecule has 0 radical (unpaired) electrons. The lowest BCUT2D eigenvalue weighted by atomic mass is 10.0. The fourth-order valence-corrected chi connectivity index (χ4v) is 4.21. The second-order valence-corrected chi connectivity index (χ2v) is 9.69. The summed E-state index contributed by atoms with van der Waals surface area (Å²) in [6.45, 7) is 2.19. The zero-order valence-electron chi connectivity index (χ0n) is 21.4. The number of carbonyl (C=O) groups excluding carboxylic acids is 1. The number of piperazine rings is 1. The number of hydrogen-bond donors (Lipinski definition) is 0. The maximum atomic E-state index is 13.4. The maximum absolute atomic E-state index is 13.4. The van der Waals surface area contributed by atoms with Gasteiger partial charge in [0.05, 0.1) is 16.1 Å².